The van der Waals surface area contributed by atoms with Gasteiger partial charge in [-0.25, -0.2) is 0 Å². The number of hydrogen-bond donors (Lipinski definition) is 1. The van der Waals surface area contributed by atoms with Crippen LogP contribution >= 0.6 is 0 Å². The van der Waals surface area contributed by atoms with Crippen molar-refractivity contribution in [3.8, 4) is 0 Å². The predicted octanol–water partition coefficient (Wildman–Crippen LogP) is 1.38. The summed E-state index contributed by atoms with van der Waals surface area (Å²) in [7, 11) is 0. The topological polar surface area (TPSA) is 72.0 Å². The summed E-state index contributed by atoms with van der Waals surface area (Å²) < 4.78 is 0. The molecule has 0 aliphatic carbocycles. The number of aldehydes is 1. The largest absolute Gasteiger partial charge is 0.323 e. The molecule has 20 heavy (non-hydrogen) atoms. The Labute approximate surface area is 116 Å². The number of pyridine rings is 2. The van der Waals surface area contributed by atoms with Crippen molar-refractivity contribution in [1.82, 2.24) is 15.3 Å². The van der Waals surface area contributed by atoms with Gasteiger partial charge in [0.05, 0.1) is 17.8 Å². The molecule has 0 saturated carbocycles. The zero-order valence-electron chi connectivity index (χ0n) is 10.7. The summed E-state index contributed by atoms with van der Waals surface area (Å²) in [6, 6.07) is 10.7. The lowest BCUT2D eigenvalue weighted by Gasteiger charge is -2.04. The van der Waals surface area contributed by atoms with Crippen LogP contribution in [0.2, 0.25) is 0 Å². The lowest BCUT2D eigenvalue weighted by atomic mass is 10.2. The Bertz CT molecular complexity index is 610. The molecule has 2 aromatic heterocycles. The monoisotopic (exact) mass is 267 g/mol. The highest BCUT2D eigenvalue weighted by molar-refractivity contribution is 5.90. The van der Waals surface area contributed by atoms with Crippen molar-refractivity contribution in [3.63, 3.8) is 0 Å². The van der Waals surface area contributed by atoms with Crippen LogP contribution in [0.4, 0.5) is 0 Å². The smallest absolute Gasteiger partial charge is 0.230 e. The summed E-state index contributed by atoms with van der Waals surface area (Å²) in [4.78, 5) is 30.9. The van der Waals surface area contributed by atoms with Gasteiger partial charge in [-0.2, -0.15) is 0 Å². The molecule has 0 atom stereocenters. The third-order valence-corrected chi connectivity index (χ3v) is 2.47. The summed E-state index contributed by atoms with van der Waals surface area (Å²) in [6.07, 6.45) is 5.46. The standard InChI is InChI=1S/C15H13N3O2/c19-11-14(9-12-5-1-3-7-16-12)18-15(20)10-13-6-2-4-8-17-13/h1-9,11H,10H2,(H,18,20)/b14-9+. The highest BCUT2D eigenvalue weighted by Gasteiger charge is 2.06. The molecule has 0 saturated heterocycles. The second kappa shape index (κ2) is 6.94. The minimum Gasteiger partial charge on any atom is -0.323 e. The molecule has 0 unspecified atom stereocenters. The Kier molecular flexibility index (Phi) is 4.72. The number of nitrogens with one attached hydrogen (secondary N) is 1. The molecule has 0 aliphatic heterocycles. The number of nitrogens with zero attached hydrogens (tertiary/aromatic N) is 2. The SMILES string of the molecule is O=C/C(=C\c1ccccn1)NC(=O)Cc1ccccn1. The molecule has 100 valence electrons. The van der Waals surface area contributed by atoms with Crippen LogP contribution in [0.25, 0.3) is 6.08 Å². The summed E-state index contributed by atoms with van der Waals surface area (Å²) in [5.74, 6) is -0.294. The van der Waals surface area contributed by atoms with Gasteiger partial charge in [0, 0.05) is 18.1 Å². The van der Waals surface area contributed by atoms with Crippen LogP contribution < -0.4 is 5.32 Å². The van der Waals surface area contributed by atoms with E-state index in [-0.39, 0.29) is 18.0 Å². The van der Waals surface area contributed by atoms with E-state index in [4.69, 9.17) is 0 Å². The Morgan fingerprint density at radius 3 is 2.45 bits per heavy atom. The van der Waals surface area contributed by atoms with E-state index in [1.54, 1.807) is 48.8 Å². The molecule has 0 aromatic carbocycles. The van der Waals surface area contributed by atoms with E-state index < -0.39 is 0 Å². The number of carbonyl (C=O) groups excluding carboxylic acids is 2. The molecule has 5 heteroatoms. The minimum absolute atomic E-state index is 0.119. The van der Waals surface area contributed by atoms with Crippen LogP contribution in [-0.4, -0.2) is 22.2 Å². The van der Waals surface area contributed by atoms with Crippen molar-refractivity contribution < 1.29 is 9.59 Å². The van der Waals surface area contributed by atoms with Crippen molar-refractivity contribution in [2.45, 2.75) is 6.42 Å². The first-order valence-corrected chi connectivity index (χ1v) is 6.05. The first-order valence-electron chi connectivity index (χ1n) is 6.05. The van der Waals surface area contributed by atoms with Crippen molar-refractivity contribution in [2.24, 2.45) is 0 Å². The maximum absolute atomic E-state index is 11.8. The highest BCUT2D eigenvalue weighted by atomic mass is 16.2. The molecule has 2 aromatic rings. The van der Waals surface area contributed by atoms with E-state index in [2.05, 4.69) is 15.3 Å². The van der Waals surface area contributed by atoms with E-state index >= 15 is 0 Å². The summed E-state index contributed by atoms with van der Waals surface area (Å²) in [5, 5.41) is 2.54. The fourth-order valence-electron chi connectivity index (χ4n) is 1.59. The molecule has 2 heterocycles. The fourth-order valence-corrected chi connectivity index (χ4v) is 1.59. The molecular formula is C15H13N3O2. The highest BCUT2D eigenvalue weighted by Crippen LogP contribution is 2.01. The molecule has 2 rings (SSSR count). The molecule has 5 nitrogen and oxygen atoms in total. The molecular weight excluding hydrogens is 254 g/mol. The third-order valence-electron chi connectivity index (χ3n) is 2.47. The number of hydrogen-bond acceptors (Lipinski definition) is 4. The van der Waals surface area contributed by atoms with Crippen LogP contribution in [0, 0.1) is 0 Å². The zero-order chi connectivity index (χ0) is 14.2. The Morgan fingerprint density at radius 2 is 1.85 bits per heavy atom. The molecule has 1 N–H and O–H groups in total. The average Bonchev–Trinajstić information content (AvgIpc) is 2.48. The Balaban J connectivity index is 2.02. The first kappa shape index (κ1) is 13.6. The fraction of sp³-hybridized carbons (Fsp3) is 0.0667. The van der Waals surface area contributed by atoms with Gasteiger partial charge in [0.2, 0.25) is 5.91 Å². The van der Waals surface area contributed by atoms with E-state index in [1.165, 1.54) is 6.08 Å². The van der Waals surface area contributed by atoms with Crippen LogP contribution in [0.15, 0.2) is 54.5 Å². The second-order valence-electron chi connectivity index (χ2n) is 4.02. The Morgan fingerprint density at radius 1 is 1.10 bits per heavy atom. The Hall–Kier alpha value is -2.82. The zero-order valence-corrected chi connectivity index (χ0v) is 10.7. The number of aromatic nitrogens is 2. The van der Waals surface area contributed by atoms with Gasteiger partial charge in [0.15, 0.2) is 6.29 Å². The molecule has 0 aliphatic rings. The first-order chi connectivity index (χ1) is 9.78. The average molecular weight is 267 g/mol. The number of amides is 1. The number of allylic oxidation sites excluding steroid dienone is 1. The second-order valence-corrected chi connectivity index (χ2v) is 4.02. The maximum Gasteiger partial charge on any atom is 0.230 e. The van der Waals surface area contributed by atoms with Gasteiger partial charge in [0.25, 0.3) is 0 Å². The van der Waals surface area contributed by atoms with Gasteiger partial charge >= 0.3 is 0 Å². The van der Waals surface area contributed by atoms with E-state index in [9.17, 15) is 9.59 Å². The minimum atomic E-state index is -0.294. The molecule has 0 fully saturated rings. The van der Waals surface area contributed by atoms with Gasteiger partial charge in [0.1, 0.15) is 0 Å². The van der Waals surface area contributed by atoms with Crippen LogP contribution in [0.5, 0.6) is 0 Å². The van der Waals surface area contributed by atoms with Crippen LogP contribution in [0.1, 0.15) is 11.4 Å². The lowest BCUT2D eigenvalue weighted by molar-refractivity contribution is -0.120. The van der Waals surface area contributed by atoms with Gasteiger partial charge < -0.3 is 5.32 Å². The van der Waals surface area contributed by atoms with Crippen molar-refractivity contribution in [2.75, 3.05) is 0 Å². The third kappa shape index (κ3) is 4.13. The normalized spacial score (nSPS) is 10.9. The molecule has 1 amide bonds. The molecule has 0 radical (unpaired) electrons. The molecule has 0 spiro atoms. The molecule has 0 bridgehead atoms. The van der Waals surface area contributed by atoms with Crippen LogP contribution in [0.3, 0.4) is 0 Å². The predicted molar refractivity (Wildman–Crippen MR) is 74.4 cm³/mol. The summed E-state index contributed by atoms with van der Waals surface area (Å²) >= 11 is 0. The number of carbonyl (C=O) groups is 2. The van der Waals surface area contributed by atoms with Crippen LogP contribution in [-0.2, 0) is 16.0 Å². The maximum atomic E-state index is 11.8. The summed E-state index contributed by atoms with van der Waals surface area (Å²) in [5.41, 5.74) is 1.42. The van der Waals surface area contributed by atoms with Crippen molar-refractivity contribution in [1.29, 1.82) is 0 Å². The lowest BCUT2D eigenvalue weighted by Crippen LogP contribution is -2.25. The van der Waals surface area contributed by atoms with E-state index in [0.29, 0.717) is 17.7 Å². The number of rotatable bonds is 5. The van der Waals surface area contributed by atoms with Crippen molar-refractivity contribution in [3.05, 3.63) is 65.9 Å². The van der Waals surface area contributed by atoms with Gasteiger partial charge in [-0.15, -0.1) is 0 Å². The van der Waals surface area contributed by atoms with Gasteiger partial charge in [-0.1, -0.05) is 12.1 Å². The van der Waals surface area contributed by atoms with Gasteiger partial charge in [-0.3, -0.25) is 19.6 Å². The van der Waals surface area contributed by atoms with E-state index in [0.717, 1.165) is 0 Å². The quantitative estimate of drug-likeness (QED) is 0.656. The van der Waals surface area contributed by atoms with Gasteiger partial charge in [-0.05, 0) is 30.3 Å². The van der Waals surface area contributed by atoms with E-state index in [1.807, 2.05) is 0 Å². The van der Waals surface area contributed by atoms with Crippen molar-refractivity contribution >= 4 is 18.3 Å². The summed E-state index contributed by atoms with van der Waals surface area (Å²) in [6.45, 7) is 0.